The Morgan fingerprint density at radius 3 is 2.76 bits per heavy atom. The number of hydrogen-bond acceptors (Lipinski definition) is 5. The maximum absolute atomic E-state index is 5.80. The zero-order valence-electron chi connectivity index (χ0n) is 11.6. The minimum absolute atomic E-state index is 0.408. The van der Waals surface area contributed by atoms with Crippen molar-refractivity contribution >= 4 is 21.6 Å². The summed E-state index contributed by atoms with van der Waals surface area (Å²) >= 11 is 3.46. The van der Waals surface area contributed by atoms with Crippen molar-refractivity contribution in [1.29, 1.82) is 0 Å². The third-order valence-corrected chi connectivity index (χ3v) is 3.77. The maximum Gasteiger partial charge on any atom is 0.259 e. The number of anilines is 1. The molecule has 106 valence electrons. The van der Waals surface area contributed by atoms with Gasteiger partial charge in [-0.15, -0.1) is 0 Å². The highest BCUT2D eigenvalue weighted by atomic mass is 79.9. The molecule has 0 unspecified atom stereocenters. The molecule has 0 saturated carbocycles. The Kier molecular flexibility index (Phi) is 3.47. The first-order chi connectivity index (χ1) is 10.0. The van der Waals surface area contributed by atoms with Crippen LogP contribution in [0.5, 0.6) is 0 Å². The van der Waals surface area contributed by atoms with Gasteiger partial charge in [-0.2, -0.15) is 4.98 Å². The zero-order chi connectivity index (χ0) is 15.0. The van der Waals surface area contributed by atoms with E-state index >= 15 is 0 Å². The second-order valence-electron chi connectivity index (χ2n) is 4.84. The Labute approximate surface area is 130 Å². The SMILES string of the molecule is Cc1cnc(-c2noc(-c3cc(N)ccc3Br)n2)c(C)c1. The Hall–Kier alpha value is -2.21. The molecule has 0 fully saturated rings. The van der Waals surface area contributed by atoms with Gasteiger partial charge >= 0.3 is 0 Å². The fourth-order valence-corrected chi connectivity index (χ4v) is 2.50. The number of nitrogen functional groups attached to an aromatic ring is 1. The van der Waals surface area contributed by atoms with Crippen LogP contribution in [0.3, 0.4) is 0 Å². The van der Waals surface area contributed by atoms with E-state index in [1.165, 1.54) is 0 Å². The van der Waals surface area contributed by atoms with Crippen molar-refractivity contribution in [3.8, 4) is 23.0 Å². The Bertz CT molecular complexity index is 813. The number of pyridine rings is 1. The molecule has 3 rings (SSSR count). The van der Waals surface area contributed by atoms with Gasteiger partial charge in [-0.1, -0.05) is 11.2 Å². The van der Waals surface area contributed by atoms with Gasteiger partial charge in [0.2, 0.25) is 5.82 Å². The highest BCUT2D eigenvalue weighted by Crippen LogP contribution is 2.30. The van der Waals surface area contributed by atoms with Crippen LogP contribution in [0.2, 0.25) is 0 Å². The van der Waals surface area contributed by atoms with Crippen LogP contribution < -0.4 is 5.73 Å². The molecular formula is C15H13BrN4O. The number of benzene rings is 1. The molecule has 0 amide bonds. The van der Waals surface area contributed by atoms with Gasteiger partial charge in [0, 0.05) is 16.4 Å². The molecule has 0 aliphatic rings. The molecule has 0 aliphatic heterocycles. The number of rotatable bonds is 2. The minimum atomic E-state index is 0.408. The van der Waals surface area contributed by atoms with Crippen molar-refractivity contribution in [1.82, 2.24) is 15.1 Å². The summed E-state index contributed by atoms with van der Waals surface area (Å²) in [7, 11) is 0. The smallest absolute Gasteiger partial charge is 0.259 e. The summed E-state index contributed by atoms with van der Waals surface area (Å²) in [5.74, 6) is 0.878. The quantitative estimate of drug-likeness (QED) is 0.716. The monoisotopic (exact) mass is 344 g/mol. The van der Waals surface area contributed by atoms with Gasteiger partial charge in [-0.3, -0.25) is 4.98 Å². The summed E-state index contributed by atoms with van der Waals surface area (Å²) in [6, 6.07) is 7.48. The number of halogens is 1. The summed E-state index contributed by atoms with van der Waals surface area (Å²) in [6.45, 7) is 3.97. The lowest BCUT2D eigenvalue weighted by Gasteiger charge is -2.01. The van der Waals surface area contributed by atoms with Crippen LogP contribution in [0.25, 0.3) is 23.0 Å². The fourth-order valence-electron chi connectivity index (χ4n) is 2.09. The van der Waals surface area contributed by atoms with E-state index in [1.54, 1.807) is 18.3 Å². The number of aryl methyl sites for hydroxylation is 2. The predicted octanol–water partition coefficient (Wildman–Crippen LogP) is 3.76. The second-order valence-corrected chi connectivity index (χ2v) is 5.69. The van der Waals surface area contributed by atoms with Crippen LogP contribution in [-0.2, 0) is 0 Å². The minimum Gasteiger partial charge on any atom is -0.399 e. The van der Waals surface area contributed by atoms with Crippen LogP contribution in [0, 0.1) is 13.8 Å². The van der Waals surface area contributed by atoms with Crippen molar-refractivity contribution in [2.45, 2.75) is 13.8 Å². The van der Waals surface area contributed by atoms with E-state index in [-0.39, 0.29) is 0 Å². The molecule has 1 aromatic carbocycles. The molecule has 2 aromatic heterocycles. The molecular weight excluding hydrogens is 332 g/mol. The Balaban J connectivity index is 2.06. The van der Waals surface area contributed by atoms with Crippen LogP contribution in [-0.4, -0.2) is 15.1 Å². The number of nitrogens with zero attached hydrogens (tertiary/aromatic N) is 3. The largest absolute Gasteiger partial charge is 0.399 e. The normalized spacial score (nSPS) is 10.8. The van der Waals surface area contributed by atoms with Crippen molar-refractivity contribution in [2.24, 2.45) is 0 Å². The van der Waals surface area contributed by atoms with E-state index in [9.17, 15) is 0 Å². The topological polar surface area (TPSA) is 77.8 Å². The van der Waals surface area contributed by atoms with Gasteiger partial charge in [0.15, 0.2) is 0 Å². The molecule has 0 atom stereocenters. The van der Waals surface area contributed by atoms with Crippen molar-refractivity contribution in [3.63, 3.8) is 0 Å². The molecule has 6 heteroatoms. The van der Waals surface area contributed by atoms with Gasteiger partial charge in [-0.25, -0.2) is 0 Å². The molecule has 5 nitrogen and oxygen atoms in total. The third kappa shape index (κ3) is 2.67. The van der Waals surface area contributed by atoms with Crippen molar-refractivity contribution < 1.29 is 4.52 Å². The summed E-state index contributed by atoms with van der Waals surface area (Å²) in [5, 5.41) is 4.01. The molecule has 21 heavy (non-hydrogen) atoms. The van der Waals surface area contributed by atoms with E-state index in [0.29, 0.717) is 17.4 Å². The molecule has 2 N–H and O–H groups in total. The van der Waals surface area contributed by atoms with Gasteiger partial charge in [0.25, 0.3) is 5.89 Å². The van der Waals surface area contributed by atoms with Crippen LogP contribution in [0.15, 0.2) is 39.5 Å². The van der Waals surface area contributed by atoms with Gasteiger partial charge < -0.3 is 10.3 Å². The standard InChI is InChI=1S/C15H13BrN4O/c1-8-5-9(2)13(18-7-8)14-19-15(21-20-14)11-6-10(17)3-4-12(11)16/h3-7H,17H2,1-2H3. The summed E-state index contributed by atoms with van der Waals surface area (Å²) in [6.07, 6.45) is 1.79. The first kappa shape index (κ1) is 13.8. The predicted molar refractivity (Wildman–Crippen MR) is 84.6 cm³/mol. The van der Waals surface area contributed by atoms with Crippen LogP contribution >= 0.6 is 15.9 Å². The lowest BCUT2D eigenvalue weighted by Crippen LogP contribution is -1.91. The lowest BCUT2D eigenvalue weighted by molar-refractivity contribution is 0.432. The molecule has 0 radical (unpaired) electrons. The summed E-state index contributed by atoms with van der Waals surface area (Å²) < 4.78 is 6.19. The highest BCUT2D eigenvalue weighted by Gasteiger charge is 2.15. The van der Waals surface area contributed by atoms with E-state index < -0.39 is 0 Å². The zero-order valence-corrected chi connectivity index (χ0v) is 13.2. The molecule has 0 aliphatic carbocycles. The second kappa shape index (κ2) is 5.29. The lowest BCUT2D eigenvalue weighted by atomic mass is 10.1. The fraction of sp³-hybridized carbons (Fsp3) is 0.133. The first-order valence-corrected chi connectivity index (χ1v) is 7.16. The van der Waals surface area contributed by atoms with Crippen LogP contribution in [0.1, 0.15) is 11.1 Å². The molecule has 0 bridgehead atoms. The van der Waals surface area contributed by atoms with E-state index in [1.807, 2.05) is 26.0 Å². The Morgan fingerprint density at radius 2 is 2.00 bits per heavy atom. The number of nitrogens with two attached hydrogens (primary N) is 1. The van der Waals surface area contributed by atoms with Crippen molar-refractivity contribution in [3.05, 3.63) is 46.1 Å². The number of aromatic nitrogens is 3. The number of hydrogen-bond donors (Lipinski definition) is 1. The van der Waals surface area contributed by atoms with Crippen molar-refractivity contribution in [2.75, 3.05) is 5.73 Å². The highest BCUT2D eigenvalue weighted by molar-refractivity contribution is 9.10. The average molecular weight is 345 g/mol. The third-order valence-electron chi connectivity index (χ3n) is 3.07. The van der Waals surface area contributed by atoms with E-state index in [4.69, 9.17) is 10.3 Å². The van der Waals surface area contributed by atoms with Crippen LogP contribution in [0.4, 0.5) is 5.69 Å². The summed E-state index contributed by atoms with van der Waals surface area (Å²) in [5.41, 5.74) is 10.0. The van der Waals surface area contributed by atoms with E-state index in [0.717, 1.165) is 26.9 Å². The molecule has 0 saturated heterocycles. The molecule has 3 aromatic rings. The Morgan fingerprint density at radius 1 is 1.19 bits per heavy atom. The van der Waals surface area contributed by atoms with Gasteiger partial charge in [0.1, 0.15) is 5.69 Å². The first-order valence-electron chi connectivity index (χ1n) is 6.37. The van der Waals surface area contributed by atoms with Gasteiger partial charge in [-0.05, 0) is 59.1 Å². The summed E-state index contributed by atoms with van der Waals surface area (Å²) in [4.78, 5) is 8.79. The molecule has 0 spiro atoms. The maximum atomic E-state index is 5.80. The average Bonchev–Trinajstić information content (AvgIpc) is 2.91. The van der Waals surface area contributed by atoms with Gasteiger partial charge in [0.05, 0.1) is 5.56 Å². The molecule has 2 heterocycles. The van der Waals surface area contributed by atoms with E-state index in [2.05, 4.69) is 31.1 Å².